The quantitative estimate of drug-likeness (QED) is 0.831. The summed E-state index contributed by atoms with van der Waals surface area (Å²) in [4.78, 5) is 13.6. The fourth-order valence-corrected chi connectivity index (χ4v) is 4.15. The van der Waals surface area contributed by atoms with Gasteiger partial charge in [-0.1, -0.05) is 64.2 Å². The molecule has 0 atom stereocenters. The number of nitrogen functional groups attached to an aromatic ring is 1. The minimum atomic E-state index is 0.371. The van der Waals surface area contributed by atoms with Crippen LogP contribution in [0.25, 0.3) is 0 Å². The van der Waals surface area contributed by atoms with Gasteiger partial charge in [0.2, 0.25) is 11.9 Å². The molecule has 0 aromatic carbocycles. The number of nitrogens with one attached hydrogen (secondary N) is 1. The molecule has 0 radical (unpaired) electrons. The van der Waals surface area contributed by atoms with Crippen molar-refractivity contribution in [2.45, 2.75) is 102 Å². The van der Waals surface area contributed by atoms with E-state index in [4.69, 9.17) is 10.7 Å². The lowest BCUT2D eigenvalue weighted by atomic mass is 9.90. The summed E-state index contributed by atoms with van der Waals surface area (Å²) >= 11 is 0. The van der Waals surface area contributed by atoms with Crippen LogP contribution in [0.5, 0.6) is 0 Å². The highest BCUT2D eigenvalue weighted by atomic mass is 15.2. The molecule has 3 rings (SSSR count). The highest BCUT2D eigenvalue weighted by Crippen LogP contribution is 2.29. The number of nitrogens with two attached hydrogens (primary N) is 1. The van der Waals surface area contributed by atoms with Crippen molar-refractivity contribution in [1.29, 1.82) is 0 Å². The third kappa shape index (κ3) is 5.32. The van der Waals surface area contributed by atoms with Crippen LogP contribution >= 0.6 is 0 Å². The number of nitrogens with zero attached hydrogens (tertiary/aromatic N) is 3. The van der Waals surface area contributed by atoms with Crippen LogP contribution in [-0.4, -0.2) is 21.0 Å². The average molecular weight is 332 g/mol. The van der Waals surface area contributed by atoms with Crippen molar-refractivity contribution in [3.05, 3.63) is 5.82 Å². The SMILES string of the molecule is Nc1nc(NC2CCCCCCC2)nc(C2CCCCCCC2)n1. The van der Waals surface area contributed by atoms with Crippen LogP contribution < -0.4 is 11.1 Å². The maximum Gasteiger partial charge on any atom is 0.227 e. The van der Waals surface area contributed by atoms with E-state index in [0.29, 0.717) is 23.9 Å². The molecule has 0 aliphatic heterocycles. The predicted octanol–water partition coefficient (Wildman–Crippen LogP) is 4.81. The van der Waals surface area contributed by atoms with E-state index < -0.39 is 0 Å². The summed E-state index contributed by atoms with van der Waals surface area (Å²) in [6.07, 6.45) is 18.1. The normalized spacial score (nSPS) is 22.2. The second-order valence-electron chi connectivity index (χ2n) is 7.60. The zero-order valence-electron chi connectivity index (χ0n) is 15.0. The van der Waals surface area contributed by atoms with Gasteiger partial charge in [-0.3, -0.25) is 0 Å². The number of hydrogen-bond acceptors (Lipinski definition) is 5. The van der Waals surface area contributed by atoms with E-state index in [1.165, 1.54) is 89.9 Å². The maximum atomic E-state index is 5.99. The van der Waals surface area contributed by atoms with E-state index in [9.17, 15) is 0 Å². The first-order valence-electron chi connectivity index (χ1n) is 10.1. The fraction of sp³-hybridized carbons (Fsp3) is 0.842. The van der Waals surface area contributed by atoms with Crippen LogP contribution in [-0.2, 0) is 0 Å². The van der Waals surface area contributed by atoms with Crippen LogP contribution in [0.1, 0.15) is 102 Å². The van der Waals surface area contributed by atoms with E-state index in [1.54, 1.807) is 0 Å². The lowest BCUT2D eigenvalue weighted by Crippen LogP contribution is -2.23. The van der Waals surface area contributed by atoms with E-state index in [1.807, 2.05) is 0 Å². The summed E-state index contributed by atoms with van der Waals surface area (Å²) in [6.45, 7) is 0. The molecular formula is C19H33N5. The summed E-state index contributed by atoms with van der Waals surface area (Å²) < 4.78 is 0. The van der Waals surface area contributed by atoms with E-state index in [-0.39, 0.29) is 0 Å². The number of anilines is 2. The molecule has 0 unspecified atom stereocenters. The van der Waals surface area contributed by atoms with Crippen molar-refractivity contribution in [3.63, 3.8) is 0 Å². The Kier molecular flexibility index (Phi) is 6.67. The third-order valence-electron chi connectivity index (χ3n) is 5.58. The monoisotopic (exact) mass is 331 g/mol. The van der Waals surface area contributed by atoms with Gasteiger partial charge in [0.05, 0.1) is 0 Å². The lowest BCUT2D eigenvalue weighted by Gasteiger charge is -2.22. The Labute approximate surface area is 146 Å². The molecule has 0 saturated heterocycles. The van der Waals surface area contributed by atoms with E-state index in [2.05, 4.69) is 15.3 Å². The average Bonchev–Trinajstić information content (AvgIpc) is 2.49. The Morgan fingerprint density at radius 2 is 1.21 bits per heavy atom. The molecule has 3 N–H and O–H groups in total. The lowest BCUT2D eigenvalue weighted by molar-refractivity contribution is 0.441. The number of aromatic nitrogens is 3. The first-order valence-corrected chi connectivity index (χ1v) is 10.1. The van der Waals surface area contributed by atoms with E-state index in [0.717, 1.165) is 5.82 Å². The van der Waals surface area contributed by atoms with Crippen LogP contribution in [0.4, 0.5) is 11.9 Å². The van der Waals surface area contributed by atoms with Crippen LogP contribution in [0.2, 0.25) is 0 Å². The highest BCUT2D eigenvalue weighted by molar-refractivity contribution is 5.33. The van der Waals surface area contributed by atoms with Crippen molar-refractivity contribution in [2.24, 2.45) is 0 Å². The van der Waals surface area contributed by atoms with Crippen molar-refractivity contribution in [3.8, 4) is 0 Å². The molecule has 0 spiro atoms. The molecule has 1 aromatic rings. The first-order chi connectivity index (χ1) is 11.8. The molecule has 2 aliphatic carbocycles. The molecular weight excluding hydrogens is 298 g/mol. The zero-order chi connectivity index (χ0) is 16.6. The Hall–Kier alpha value is -1.39. The minimum Gasteiger partial charge on any atom is -0.368 e. The molecule has 5 nitrogen and oxygen atoms in total. The summed E-state index contributed by atoms with van der Waals surface area (Å²) in [5, 5.41) is 3.55. The predicted molar refractivity (Wildman–Crippen MR) is 99.0 cm³/mol. The van der Waals surface area contributed by atoms with Gasteiger partial charge in [0, 0.05) is 12.0 Å². The Balaban J connectivity index is 1.67. The van der Waals surface area contributed by atoms with Crippen LogP contribution in [0.3, 0.4) is 0 Å². The molecule has 1 aromatic heterocycles. The Morgan fingerprint density at radius 3 is 1.83 bits per heavy atom. The van der Waals surface area contributed by atoms with Crippen molar-refractivity contribution < 1.29 is 0 Å². The summed E-state index contributed by atoms with van der Waals surface area (Å²) in [6, 6.07) is 0.484. The summed E-state index contributed by atoms with van der Waals surface area (Å²) in [5.74, 6) is 2.44. The topological polar surface area (TPSA) is 76.7 Å². The Morgan fingerprint density at radius 1 is 0.667 bits per heavy atom. The van der Waals surface area contributed by atoms with Gasteiger partial charge in [0.1, 0.15) is 5.82 Å². The van der Waals surface area contributed by atoms with Crippen molar-refractivity contribution >= 4 is 11.9 Å². The Bertz CT molecular complexity index is 489. The van der Waals surface area contributed by atoms with Gasteiger partial charge >= 0.3 is 0 Å². The zero-order valence-corrected chi connectivity index (χ0v) is 15.0. The van der Waals surface area contributed by atoms with Gasteiger partial charge in [0.15, 0.2) is 0 Å². The molecule has 2 fully saturated rings. The molecule has 1 heterocycles. The third-order valence-corrected chi connectivity index (χ3v) is 5.58. The molecule has 2 saturated carbocycles. The molecule has 134 valence electrons. The molecule has 24 heavy (non-hydrogen) atoms. The molecule has 2 aliphatic rings. The molecule has 0 amide bonds. The van der Waals surface area contributed by atoms with Gasteiger partial charge in [-0.2, -0.15) is 15.0 Å². The number of rotatable bonds is 3. The van der Waals surface area contributed by atoms with Crippen molar-refractivity contribution in [2.75, 3.05) is 11.1 Å². The summed E-state index contributed by atoms with van der Waals surface area (Å²) in [5.41, 5.74) is 5.99. The first kappa shape index (κ1) is 17.4. The fourth-order valence-electron chi connectivity index (χ4n) is 4.15. The number of hydrogen-bond donors (Lipinski definition) is 2. The van der Waals surface area contributed by atoms with Gasteiger partial charge in [-0.25, -0.2) is 0 Å². The second kappa shape index (κ2) is 9.19. The maximum absolute atomic E-state index is 5.99. The van der Waals surface area contributed by atoms with Gasteiger partial charge in [-0.15, -0.1) is 0 Å². The van der Waals surface area contributed by atoms with Gasteiger partial charge < -0.3 is 11.1 Å². The van der Waals surface area contributed by atoms with Crippen LogP contribution in [0, 0.1) is 0 Å². The largest absolute Gasteiger partial charge is 0.368 e. The van der Waals surface area contributed by atoms with E-state index >= 15 is 0 Å². The van der Waals surface area contributed by atoms with Crippen molar-refractivity contribution in [1.82, 2.24) is 15.0 Å². The summed E-state index contributed by atoms with van der Waals surface area (Å²) in [7, 11) is 0. The second-order valence-corrected chi connectivity index (χ2v) is 7.60. The molecule has 5 heteroatoms. The smallest absolute Gasteiger partial charge is 0.227 e. The van der Waals surface area contributed by atoms with Gasteiger partial charge in [0.25, 0.3) is 0 Å². The minimum absolute atomic E-state index is 0.371. The van der Waals surface area contributed by atoms with Gasteiger partial charge in [-0.05, 0) is 25.7 Å². The highest BCUT2D eigenvalue weighted by Gasteiger charge is 2.19. The standard InChI is InChI=1S/C19H33N5/c20-18-22-17(15-11-7-3-1-4-8-12-15)23-19(24-18)21-16-13-9-5-2-6-10-14-16/h15-16H,1-14H2,(H3,20,21,22,23,24). The molecule has 0 bridgehead atoms. The van der Waals surface area contributed by atoms with Crippen LogP contribution in [0.15, 0.2) is 0 Å².